The van der Waals surface area contributed by atoms with Gasteiger partial charge in [0.15, 0.2) is 0 Å². The van der Waals surface area contributed by atoms with Gasteiger partial charge in [-0.25, -0.2) is 0 Å². The highest BCUT2D eigenvalue weighted by atomic mass is 16.2. The number of hydrogen-bond donors (Lipinski definition) is 2. The van der Waals surface area contributed by atoms with E-state index in [9.17, 15) is 9.59 Å². The minimum Gasteiger partial charge on any atom is -0.352 e. The van der Waals surface area contributed by atoms with E-state index < -0.39 is 0 Å². The lowest BCUT2D eigenvalue weighted by molar-refractivity contribution is -0.124. The summed E-state index contributed by atoms with van der Waals surface area (Å²) in [4.78, 5) is 22.7. The normalized spacial score (nSPS) is 10.9. The summed E-state index contributed by atoms with van der Waals surface area (Å²) in [5, 5.41) is 9.16. The molecule has 0 saturated heterocycles. The molecule has 0 aliphatic heterocycles. The maximum Gasteiger partial charge on any atom is 0.244 e. The van der Waals surface area contributed by atoms with E-state index in [0.29, 0.717) is 0 Å². The predicted molar refractivity (Wildman–Crippen MR) is 68.5 cm³/mol. The molecule has 0 atom stereocenters. The van der Waals surface area contributed by atoms with Gasteiger partial charge in [-0.2, -0.15) is 5.10 Å². The minimum atomic E-state index is -0.308. The fourth-order valence-electron chi connectivity index (χ4n) is 1.30. The molecule has 2 N–H and O–H groups in total. The van der Waals surface area contributed by atoms with E-state index in [0.717, 1.165) is 5.56 Å². The highest BCUT2D eigenvalue weighted by Crippen LogP contribution is 1.98. The van der Waals surface area contributed by atoms with E-state index in [-0.39, 0.29) is 24.4 Å². The maximum absolute atomic E-state index is 11.4. The number of amides is 2. The number of carbonyl (C=O) groups is 2. The van der Waals surface area contributed by atoms with Crippen molar-refractivity contribution in [1.82, 2.24) is 20.4 Å². The van der Waals surface area contributed by atoms with Crippen LogP contribution in [0.1, 0.15) is 19.4 Å². The monoisotopic (exact) mass is 250 g/mol. The van der Waals surface area contributed by atoms with E-state index in [1.165, 1.54) is 6.08 Å². The van der Waals surface area contributed by atoms with Crippen molar-refractivity contribution < 1.29 is 9.59 Å². The molecule has 0 bridgehead atoms. The van der Waals surface area contributed by atoms with Crippen LogP contribution in [0.3, 0.4) is 0 Å². The van der Waals surface area contributed by atoms with Crippen LogP contribution in [-0.4, -0.2) is 34.2 Å². The number of hydrogen-bond acceptors (Lipinski definition) is 3. The molecule has 0 aromatic carbocycles. The Bertz CT molecular complexity index is 449. The lowest BCUT2D eigenvalue weighted by Gasteiger charge is -2.07. The Balaban J connectivity index is 2.33. The molecule has 0 radical (unpaired) electrons. The van der Waals surface area contributed by atoms with Gasteiger partial charge in [0, 0.05) is 30.9 Å². The van der Waals surface area contributed by atoms with E-state index in [1.807, 2.05) is 13.8 Å². The lowest BCUT2D eigenvalue weighted by atomic mass is 10.3. The number of aromatic nitrogens is 2. The summed E-state index contributed by atoms with van der Waals surface area (Å²) in [6.07, 6.45) is 6.45. The van der Waals surface area contributed by atoms with Gasteiger partial charge in [0.25, 0.3) is 0 Å². The van der Waals surface area contributed by atoms with Crippen molar-refractivity contribution in [2.24, 2.45) is 7.05 Å². The number of rotatable bonds is 5. The molecule has 0 fully saturated rings. The molecule has 6 nitrogen and oxygen atoms in total. The minimum absolute atomic E-state index is 0.0195. The van der Waals surface area contributed by atoms with Crippen molar-refractivity contribution in [1.29, 1.82) is 0 Å². The molecule has 1 rings (SSSR count). The maximum atomic E-state index is 11.4. The Morgan fingerprint density at radius 2 is 2.22 bits per heavy atom. The summed E-state index contributed by atoms with van der Waals surface area (Å²) < 4.78 is 1.65. The molecule has 18 heavy (non-hydrogen) atoms. The van der Waals surface area contributed by atoms with Gasteiger partial charge in [0.05, 0.1) is 12.7 Å². The number of aryl methyl sites for hydroxylation is 1. The van der Waals surface area contributed by atoms with E-state index in [1.54, 1.807) is 30.2 Å². The summed E-state index contributed by atoms with van der Waals surface area (Å²) in [5.41, 5.74) is 0.833. The smallest absolute Gasteiger partial charge is 0.244 e. The molecule has 98 valence electrons. The average molecular weight is 250 g/mol. The molecular formula is C12H18N4O2. The van der Waals surface area contributed by atoms with Crippen molar-refractivity contribution in [2.75, 3.05) is 6.54 Å². The highest BCUT2D eigenvalue weighted by Gasteiger charge is 2.04. The summed E-state index contributed by atoms with van der Waals surface area (Å²) in [6.45, 7) is 3.71. The number of carbonyl (C=O) groups excluding carboxylic acids is 2. The first-order valence-electron chi connectivity index (χ1n) is 5.71. The molecule has 0 unspecified atom stereocenters. The Morgan fingerprint density at radius 3 is 2.78 bits per heavy atom. The summed E-state index contributed by atoms with van der Waals surface area (Å²) in [6, 6.07) is 0.0698. The average Bonchev–Trinajstić information content (AvgIpc) is 2.69. The zero-order valence-electron chi connectivity index (χ0n) is 10.8. The second kappa shape index (κ2) is 6.58. The van der Waals surface area contributed by atoms with E-state index in [2.05, 4.69) is 15.7 Å². The standard InChI is InChI=1S/C12H18N4O2/c1-9(2)15-12(18)7-13-11(17)5-4-10-6-14-16(3)8-10/h4-6,8-9H,7H2,1-3H3,(H,13,17)(H,15,18)/b5-4+. The Morgan fingerprint density at radius 1 is 1.50 bits per heavy atom. The Labute approximate surface area is 106 Å². The van der Waals surface area contributed by atoms with Crippen LogP contribution in [0, 0.1) is 0 Å². The van der Waals surface area contributed by atoms with Crippen LogP contribution in [-0.2, 0) is 16.6 Å². The van der Waals surface area contributed by atoms with Crippen LogP contribution < -0.4 is 10.6 Å². The fraction of sp³-hybridized carbons (Fsp3) is 0.417. The van der Waals surface area contributed by atoms with Crippen LogP contribution in [0.2, 0.25) is 0 Å². The Kier molecular flexibility index (Phi) is 5.10. The van der Waals surface area contributed by atoms with Crippen LogP contribution in [0.4, 0.5) is 0 Å². The fourth-order valence-corrected chi connectivity index (χ4v) is 1.30. The van der Waals surface area contributed by atoms with Crippen LogP contribution in [0.15, 0.2) is 18.5 Å². The first-order chi connectivity index (χ1) is 8.47. The van der Waals surface area contributed by atoms with Crippen molar-refractivity contribution in [3.63, 3.8) is 0 Å². The zero-order chi connectivity index (χ0) is 13.5. The van der Waals surface area contributed by atoms with E-state index in [4.69, 9.17) is 0 Å². The molecule has 2 amide bonds. The zero-order valence-corrected chi connectivity index (χ0v) is 10.8. The highest BCUT2D eigenvalue weighted by molar-refractivity contribution is 5.94. The van der Waals surface area contributed by atoms with Gasteiger partial charge < -0.3 is 10.6 Å². The first-order valence-corrected chi connectivity index (χ1v) is 5.71. The van der Waals surface area contributed by atoms with Gasteiger partial charge in [-0.3, -0.25) is 14.3 Å². The van der Waals surface area contributed by atoms with Gasteiger partial charge >= 0.3 is 0 Å². The molecule has 1 heterocycles. The van der Waals surface area contributed by atoms with Gasteiger partial charge in [0.1, 0.15) is 0 Å². The SMILES string of the molecule is CC(C)NC(=O)CNC(=O)/C=C/c1cnn(C)c1. The third-order valence-corrected chi connectivity index (χ3v) is 2.02. The van der Waals surface area contributed by atoms with Gasteiger partial charge in [-0.1, -0.05) is 0 Å². The third kappa shape index (κ3) is 5.29. The summed E-state index contributed by atoms with van der Waals surface area (Å²) in [5.74, 6) is -0.508. The number of nitrogens with one attached hydrogen (secondary N) is 2. The van der Waals surface area contributed by atoms with Crippen LogP contribution >= 0.6 is 0 Å². The molecule has 6 heteroatoms. The van der Waals surface area contributed by atoms with Gasteiger partial charge in [0.2, 0.25) is 11.8 Å². The molecule has 0 aliphatic rings. The van der Waals surface area contributed by atoms with Gasteiger partial charge in [-0.15, -0.1) is 0 Å². The quantitative estimate of drug-likeness (QED) is 0.726. The van der Waals surface area contributed by atoms with Crippen LogP contribution in [0.5, 0.6) is 0 Å². The molecule has 0 saturated carbocycles. The predicted octanol–water partition coefficient (Wildman–Crippen LogP) is 0.0741. The largest absolute Gasteiger partial charge is 0.352 e. The van der Waals surface area contributed by atoms with Gasteiger partial charge in [-0.05, 0) is 19.9 Å². The second-order valence-electron chi connectivity index (χ2n) is 4.22. The third-order valence-electron chi connectivity index (χ3n) is 2.02. The van der Waals surface area contributed by atoms with Crippen molar-refractivity contribution in [2.45, 2.75) is 19.9 Å². The van der Waals surface area contributed by atoms with Crippen molar-refractivity contribution in [3.05, 3.63) is 24.0 Å². The van der Waals surface area contributed by atoms with E-state index >= 15 is 0 Å². The van der Waals surface area contributed by atoms with Crippen molar-refractivity contribution >= 4 is 17.9 Å². The number of nitrogens with zero attached hydrogens (tertiary/aromatic N) is 2. The molecule has 1 aromatic heterocycles. The summed E-state index contributed by atoms with van der Waals surface area (Å²) in [7, 11) is 1.80. The lowest BCUT2D eigenvalue weighted by Crippen LogP contribution is -2.39. The molecule has 0 aliphatic carbocycles. The van der Waals surface area contributed by atoms with Crippen LogP contribution in [0.25, 0.3) is 6.08 Å². The first kappa shape index (κ1) is 14.0. The molecular weight excluding hydrogens is 232 g/mol. The molecule has 1 aromatic rings. The second-order valence-corrected chi connectivity index (χ2v) is 4.22. The topological polar surface area (TPSA) is 76.0 Å². The summed E-state index contributed by atoms with van der Waals surface area (Å²) >= 11 is 0. The Hall–Kier alpha value is -2.11. The molecule has 0 spiro atoms. The van der Waals surface area contributed by atoms with Crippen molar-refractivity contribution in [3.8, 4) is 0 Å².